The van der Waals surface area contributed by atoms with Crippen LogP contribution in [0.2, 0.25) is 0 Å². The average molecular weight is 372 g/mol. The minimum atomic E-state index is -3.39. The van der Waals surface area contributed by atoms with Crippen LogP contribution in [0.5, 0.6) is 0 Å². The predicted octanol–water partition coefficient (Wildman–Crippen LogP) is 3.69. The van der Waals surface area contributed by atoms with Gasteiger partial charge in [0.1, 0.15) is 5.82 Å². The van der Waals surface area contributed by atoms with Crippen molar-refractivity contribution in [3.05, 3.63) is 53.2 Å². The van der Waals surface area contributed by atoms with Gasteiger partial charge < -0.3 is 0 Å². The topological polar surface area (TPSA) is 67.3 Å². The highest BCUT2D eigenvalue weighted by molar-refractivity contribution is 7.90. The maximum Gasteiger partial charge on any atom is 0.260 e. The van der Waals surface area contributed by atoms with Crippen molar-refractivity contribution >= 4 is 21.6 Å². The molecule has 1 amide bonds. The Labute approximate surface area is 155 Å². The highest BCUT2D eigenvalue weighted by Gasteiger charge is 2.31. The number of rotatable bonds is 4. The normalized spacial score (nSPS) is 15.2. The van der Waals surface area contributed by atoms with E-state index < -0.39 is 9.84 Å². The van der Waals surface area contributed by atoms with Crippen LogP contribution in [0.3, 0.4) is 0 Å². The second-order valence-electron chi connectivity index (χ2n) is 6.99. The zero-order chi connectivity index (χ0) is 18.9. The van der Waals surface area contributed by atoms with E-state index in [1.54, 1.807) is 17.2 Å². The SMILES string of the molecule is Cc1cc(S(C)(=O)=O)cc(C(=O)N(c2ccccn2)C2CCCC2)c1C. The number of aryl methyl sites for hydroxylation is 1. The molecule has 0 spiro atoms. The molecule has 1 saturated carbocycles. The third-order valence-corrected chi connectivity index (χ3v) is 6.20. The summed E-state index contributed by atoms with van der Waals surface area (Å²) in [5.74, 6) is 0.438. The second kappa shape index (κ2) is 7.19. The van der Waals surface area contributed by atoms with E-state index in [2.05, 4.69) is 4.98 Å². The van der Waals surface area contributed by atoms with Gasteiger partial charge in [-0.25, -0.2) is 13.4 Å². The van der Waals surface area contributed by atoms with E-state index in [9.17, 15) is 13.2 Å². The summed E-state index contributed by atoms with van der Waals surface area (Å²) in [5.41, 5.74) is 2.04. The number of amides is 1. The number of sulfone groups is 1. The molecule has 0 unspecified atom stereocenters. The minimum absolute atomic E-state index is 0.0963. The quantitative estimate of drug-likeness (QED) is 0.821. The van der Waals surface area contributed by atoms with Gasteiger partial charge in [0.2, 0.25) is 0 Å². The van der Waals surface area contributed by atoms with Crippen LogP contribution in [0.4, 0.5) is 5.82 Å². The first-order valence-electron chi connectivity index (χ1n) is 8.85. The summed E-state index contributed by atoms with van der Waals surface area (Å²) in [6.07, 6.45) is 6.89. The van der Waals surface area contributed by atoms with Crippen molar-refractivity contribution in [2.75, 3.05) is 11.2 Å². The number of carbonyl (C=O) groups excluding carboxylic acids is 1. The zero-order valence-electron chi connectivity index (χ0n) is 15.4. The fourth-order valence-corrected chi connectivity index (χ4v) is 4.23. The fraction of sp³-hybridized carbons (Fsp3) is 0.400. The summed E-state index contributed by atoms with van der Waals surface area (Å²) in [7, 11) is -3.39. The molecule has 1 heterocycles. The van der Waals surface area contributed by atoms with Crippen LogP contribution in [0.1, 0.15) is 47.2 Å². The standard InChI is InChI=1S/C20H24N2O3S/c1-14-12-17(26(3,24)25)13-18(15(14)2)20(23)22(16-8-4-5-9-16)19-10-6-7-11-21-19/h6-7,10-13,16H,4-5,8-9H2,1-3H3. The Balaban J connectivity index is 2.11. The molecule has 1 aliphatic carbocycles. The van der Waals surface area contributed by atoms with Crippen LogP contribution in [0.25, 0.3) is 0 Å². The van der Waals surface area contributed by atoms with Crippen LogP contribution in [0.15, 0.2) is 41.4 Å². The first kappa shape index (κ1) is 18.6. The molecule has 0 saturated heterocycles. The number of hydrogen-bond acceptors (Lipinski definition) is 4. The highest BCUT2D eigenvalue weighted by atomic mass is 32.2. The lowest BCUT2D eigenvalue weighted by molar-refractivity contribution is 0.0975. The molecule has 5 nitrogen and oxygen atoms in total. The number of aromatic nitrogens is 1. The summed E-state index contributed by atoms with van der Waals surface area (Å²) in [5, 5.41) is 0. The Morgan fingerprint density at radius 2 is 1.85 bits per heavy atom. The van der Waals surface area contributed by atoms with Crippen molar-refractivity contribution in [2.45, 2.75) is 50.5 Å². The summed E-state index contributed by atoms with van der Waals surface area (Å²) < 4.78 is 24.1. The Hall–Kier alpha value is -2.21. The molecule has 0 atom stereocenters. The molecule has 1 aliphatic rings. The van der Waals surface area contributed by atoms with Crippen LogP contribution in [-0.4, -0.2) is 31.6 Å². The van der Waals surface area contributed by atoms with Gasteiger partial charge in [0.15, 0.2) is 9.84 Å². The molecule has 0 aliphatic heterocycles. The molecule has 1 aromatic heterocycles. The van der Waals surface area contributed by atoms with Gasteiger partial charge in [0, 0.05) is 24.1 Å². The van der Waals surface area contributed by atoms with Crippen LogP contribution < -0.4 is 4.90 Å². The summed E-state index contributed by atoms with van der Waals surface area (Å²) in [6, 6.07) is 8.74. The number of anilines is 1. The Kier molecular flexibility index (Phi) is 5.14. The maximum absolute atomic E-state index is 13.5. The number of pyridine rings is 1. The van der Waals surface area contributed by atoms with E-state index in [4.69, 9.17) is 0 Å². The number of carbonyl (C=O) groups is 1. The molecular formula is C20H24N2O3S. The van der Waals surface area contributed by atoms with E-state index in [0.717, 1.165) is 36.8 Å². The molecule has 3 rings (SSSR count). The van der Waals surface area contributed by atoms with E-state index in [1.165, 1.54) is 12.3 Å². The molecule has 0 bridgehead atoms. The van der Waals surface area contributed by atoms with Gasteiger partial charge in [0.25, 0.3) is 5.91 Å². The lowest BCUT2D eigenvalue weighted by Gasteiger charge is -2.29. The van der Waals surface area contributed by atoms with E-state index >= 15 is 0 Å². The van der Waals surface area contributed by atoms with Gasteiger partial charge in [0.05, 0.1) is 4.90 Å². The Morgan fingerprint density at radius 1 is 1.15 bits per heavy atom. The molecule has 6 heteroatoms. The fourth-order valence-electron chi connectivity index (χ4n) is 3.51. The summed E-state index contributed by atoms with van der Waals surface area (Å²) in [4.78, 5) is 19.8. The van der Waals surface area contributed by atoms with Crippen LogP contribution in [-0.2, 0) is 9.84 Å². The van der Waals surface area contributed by atoms with E-state index in [1.807, 2.05) is 32.0 Å². The van der Waals surface area contributed by atoms with Crippen molar-refractivity contribution in [2.24, 2.45) is 0 Å². The van der Waals surface area contributed by atoms with Crippen molar-refractivity contribution in [1.29, 1.82) is 0 Å². The number of hydrogen-bond donors (Lipinski definition) is 0. The third kappa shape index (κ3) is 3.65. The van der Waals surface area contributed by atoms with Crippen LogP contribution >= 0.6 is 0 Å². The summed E-state index contributed by atoms with van der Waals surface area (Å²) >= 11 is 0. The van der Waals surface area contributed by atoms with Gasteiger partial charge in [-0.1, -0.05) is 18.9 Å². The van der Waals surface area contributed by atoms with E-state index in [-0.39, 0.29) is 16.8 Å². The molecular weight excluding hydrogens is 348 g/mol. The highest BCUT2D eigenvalue weighted by Crippen LogP contribution is 2.30. The monoisotopic (exact) mass is 372 g/mol. The van der Waals surface area contributed by atoms with Crippen molar-refractivity contribution < 1.29 is 13.2 Å². The molecule has 26 heavy (non-hydrogen) atoms. The average Bonchev–Trinajstić information content (AvgIpc) is 3.11. The van der Waals surface area contributed by atoms with E-state index in [0.29, 0.717) is 11.4 Å². The lowest BCUT2D eigenvalue weighted by Crippen LogP contribution is -2.40. The Morgan fingerprint density at radius 3 is 2.42 bits per heavy atom. The summed E-state index contributed by atoms with van der Waals surface area (Å²) in [6.45, 7) is 3.70. The van der Waals surface area contributed by atoms with Crippen molar-refractivity contribution in [3.8, 4) is 0 Å². The molecule has 138 valence electrons. The van der Waals surface area contributed by atoms with Gasteiger partial charge in [-0.3, -0.25) is 9.69 Å². The number of nitrogens with zero attached hydrogens (tertiary/aromatic N) is 2. The van der Waals surface area contributed by atoms with Crippen LogP contribution in [0, 0.1) is 13.8 Å². The third-order valence-electron chi connectivity index (χ3n) is 5.10. The lowest BCUT2D eigenvalue weighted by atomic mass is 10.0. The molecule has 0 N–H and O–H groups in total. The van der Waals surface area contributed by atoms with Crippen molar-refractivity contribution in [1.82, 2.24) is 4.98 Å². The molecule has 1 fully saturated rings. The van der Waals surface area contributed by atoms with Gasteiger partial charge >= 0.3 is 0 Å². The zero-order valence-corrected chi connectivity index (χ0v) is 16.2. The van der Waals surface area contributed by atoms with Crippen molar-refractivity contribution in [3.63, 3.8) is 0 Å². The molecule has 1 aromatic carbocycles. The molecule has 2 aromatic rings. The van der Waals surface area contributed by atoms with Gasteiger partial charge in [-0.2, -0.15) is 0 Å². The smallest absolute Gasteiger partial charge is 0.260 e. The van der Waals surface area contributed by atoms with Gasteiger partial charge in [-0.05, 0) is 62.1 Å². The Bertz CT molecular complexity index is 918. The number of benzene rings is 1. The second-order valence-corrected chi connectivity index (χ2v) is 9.00. The largest absolute Gasteiger partial charge is 0.290 e. The van der Waals surface area contributed by atoms with Gasteiger partial charge in [-0.15, -0.1) is 0 Å². The first-order chi connectivity index (χ1) is 12.3. The predicted molar refractivity (Wildman–Crippen MR) is 102 cm³/mol. The maximum atomic E-state index is 13.5. The minimum Gasteiger partial charge on any atom is -0.290 e. The first-order valence-corrected chi connectivity index (χ1v) is 10.7. The molecule has 0 radical (unpaired) electrons.